The normalized spacial score (nSPS) is 16.1. The topological polar surface area (TPSA) is 87.5 Å². The molecule has 0 aliphatic carbocycles. The van der Waals surface area contributed by atoms with Gasteiger partial charge in [-0.3, -0.25) is 10.00 Å². The molecule has 2 heterocycles. The maximum atomic E-state index is 12.6. The molecule has 128 valence electrons. The second kappa shape index (κ2) is 6.62. The number of hydrogen-bond donors (Lipinski definition) is 1. The molecule has 1 saturated heterocycles. The zero-order chi connectivity index (χ0) is 17.2. The molecule has 1 aliphatic heterocycles. The fourth-order valence-corrected chi connectivity index (χ4v) is 4.00. The third kappa shape index (κ3) is 3.26. The Labute approximate surface area is 140 Å². The number of carbonyl (C=O) groups is 1. The van der Waals surface area contributed by atoms with Gasteiger partial charge in [-0.05, 0) is 12.1 Å². The van der Waals surface area contributed by atoms with E-state index in [1.807, 2.05) is 0 Å². The molecule has 2 amide bonds. The van der Waals surface area contributed by atoms with Crippen LogP contribution in [0, 0.1) is 0 Å². The van der Waals surface area contributed by atoms with Crippen LogP contribution in [-0.2, 0) is 17.1 Å². The fraction of sp³-hybridized carbons (Fsp3) is 0.333. The van der Waals surface area contributed by atoms with Gasteiger partial charge in [-0.1, -0.05) is 18.2 Å². The van der Waals surface area contributed by atoms with Crippen molar-refractivity contribution >= 4 is 21.9 Å². The lowest BCUT2D eigenvalue weighted by Gasteiger charge is -2.33. The van der Waals surface area contributed by atoms with Crippen LogP contribution < -0.4 is 5.32 Å². The largest absolute Gasteiger partial charge is 0.323 e. The number of anilines is 1. The van der Waals surface area contributed by atoms with E-state index in [1.54, 1.807) is 59.2 Å². The third-order valence-electron chi connectivity index (χ3n) is 3.96. The molecular formula is C15H19N5O3S. The number of hydrogen-bond acceptors (Lipinski definition) is 4. The van der Waals surface area contributed by atoms with Crippen molar-refractivity contribution < 1.29 is 13.2 Å². The molecule has 9 heteroatoms. The number of benzene rings is 1. The highest BCUT2D eigenvalue weighted by Gasteiger charge is 2.30. The van der Waals surface area contributed by atoms with E-state index >= 15 is 0 Å². The smallest absolute Gasteiger partial charge is 0.322 e. The number of aryl methyl sites for hydroxylation is 1. The highest BCUT2D eigenvalue weighted by molar-refractivity contribution is 7.89. The van der Waals surface area contributed by atoms with Gasteiger partial charge < -0.3 is 4.90 Å². The van der Waals surface area contributed by atoms with Crippen LogP contribution in [-0.4, -0.2) is 59.6 Å². The Morgan fingerprint density at radius 1 is 1.08 bits per heavy atom. The van der Waals surface area contributed by atoms with Gasteiger partial charge in [-0.15, -0.1) is 0 Å². The van der Waals surface area contributed by atoms with Crippen LogP contribution in [0.4, 0.5) is 10.6 Å². The van der Waals surface area contributed by atoms with Crippen LogP contribution in [0.15, 0.2) is 47.5 Å². The molecular weight excluding hydrogens is 330 g/mol. The maximum absolute atomic E-state index is 12.6. The van der Waals surface area contributed by atoms with Crippen molar-refractivity contribution in [3.05, 3.63) is 42.6 Å². The minimum Gasteiger partial charge on any atom is -0.322 e. The van der Waals surface area contributed by atoms with Gasteiger partial charge in [0, 0.05) is 39.3 Å². The number of carbonyl (C=O) groups excluding carboxylic acids is 1. The zero-order valence-electron chi connectivity index (χ0n) is 13.3. The quantitative estimate of drug-likeness (QED) is 0.894. The molecule has 1 aliphatic rings. The second-order valence-corrected chi connectivity index (χ2v) is 7.41. The molecule has 0 radical (unpaired) electrons. The Morgan fingerprint density at radius 2 is 1.75 bits per heavy atom. The number of amides is 2. The molecule has 1 aromatic heterocycles. The number of nitrogens with one attached hydrogen (secondary N) is 1. The van der Waals surface area contributed by atoms with E-state index in [-0.39, 0.29) is 24.0 Å². The predicted molar refractivity (Wildman–Crippen MR) is 89.0 cm³/mol. The minimum atomic E-state index is -3.51. The van der Waals surface area contributed by atoms with Crippen LogP contribution in [0.2, 0.25) is 0 Å². The Kier molecular flexibility index (Phi) is 4.54. The van der Waals surface area contributed by atoms with Crippen molar-refractivity contribution in [3.63, 3.8) is 0 Å². The van der Waals surface area contributed by atoms with Crippen LogP contribution in [0.1, 0.15) is 0 Å². The van der Waals surface area contributed by atoms with E-state index in [4.69, 9.17) is 0 Å². The average molecular weight is 349 g/mol. The Balaban J connectivity index is 1.62. The van der Waals surface area contributed by atoms with Gasteiger partial charge >= 0.3 is 6.03 Å². The summed E-state index contributed by atoms with van der Waals surface area (Å²) in [7, 11) is -1.77. The number of aromatic nitrogens is 2. The first-order valence-corrected chi connectivity index (χ1v) is 9.01. The van der Waals surface area contributed by atoms with Gasteiger partial charge in [-0.25, -0.2) is 13.2 Å². The summed E-state index contributed by atoms with van der Waals surface area (Å²) in [6, 6.07) is 9.78. The maximum Gasteiger partial charge on any atom is 0.323 e. The molecule has 0 atom stereocenters. The number of rotatable bonds is 3. The van der Waals surface area contributed by atoms with Crippen molar-refractivity contribution in [2.24, 2.45) is 7.05 Å². The lowest BCUT2D eigenvalue weighted by molar-refractivity contribution is 0.184. The average Bonchev–Trinajstić information content (AvgIpc) is 3.00. The second-order valence-electron chi connectivity index (χ2n) is 5.47. The van der Waals surface area contributed by atoms with Crippen molar-refractivity contribution in [3.8, 4) is 0 Å². The monoisotopic (exact) mass is 349 g/mol. The Hall–Kier alpha value is -2.39. The van der Waals surface area contributed by atoms with Crippen molar-refractivity contribution in [2.75, 3.05) is 31.5 Å². The Morgan fingerprint density at radius 3 is 2.33 bits per heavy atom. The zero-order valence-corrected chi connectivity index (χ0v) is 14.1. The third-order valence-corrected chi connectivity index (χ3v) is 5.88. The molecule has 1 fully saturated rings. The number of piperazine rings is 1. The van der Waals surface area contributed by atoms with Gasteiger partial charge in [0.25, 0.3) is 0 Å². The fourth-order valence-electron chi connectivity index (χ4n) is 2.56. The lowest BCUT2D eigenvalue weighted by Crippen LogP contribution is -2.51. The molecule has 2 aromatic rings. The highest BCUT2D eigenvalue weighted by Crippen LogP contribution is 2.17. The van der Waals surface area contributed by atoms with Gasteiger partial charge in [-0.2, -0.15) is 9.40 Å². The summed E-state index contributed by atoms with van der Waals surface area (Å²) < 4.78 is 28.1. The Bertz CT molecular complexity index is 811. The summed E-state index contributed by atoms with van der Waals surface area (Å²) in [5.41, 5.74) is 0. The van der Waals surface area contributed by atoms with Gasteiger partial charge in [0.15, 0.2) is 0 Å². The van der Waals surface area contributed by atoms with Crippen molar-refractivity contribution in [1.29, 1.82) is 0 Å². The van der Waals surface area contributed by atoms with Crippen LogP contribution in [0.5, 0.6) is 0 Å². The number of nitrogens with zero attached hydrogens (tertiary/aromatic N) is 4. The molecule has 24 heavy (non-hydrogen) atoms. The van der Waals surface area contributed by atoms with E-state index in [0.29, 0.717) is 18.9 Å². The van der Waals surface area contributed by atoms with Crippen molar-refractivity contribution in [1.82, 2.24) is 19.0 Å². The first-order chi connectivity index (χ1) is 11.5. The van der Waals surface area contributed by atoms with E-state index < -0.39 is 10.0 Å². The van der Waals surface area contributed by atoms with Gasteiger partial charge in [0.05, 0.1) is 11.1 Å². The first kappa shape index (κ1) is 16.5. The van der Waals surface area contributed by atoms with Gasteiger partial charge in [0.1, 0.15) is 5.82 Å². The summed E-state index contributed by atoms with van der Waals surface area (Å²) in [5, 5.41) is 6.75. The van der Waals surface area contributed by atoms with E-state index in [2.05, 4.69) is 10.4 Å². The lowest BCUT2D eigenvalue weighted by atomic mass is 10.4. The van der Waals surface area contributed by atoms with E-state index in [9.17, 15) is 13.2 Å². The summed E-state index contributed by atoms with van der Waals surface area (Å²) in [6.45, 7) is 1.23. The minimum absolute atomic E-state index is 0.254. The molecule has 0 spiro atoms. The summed E-state index contributed by atoms with van der Waals surface area (Å²) in [6.07, 6.45) is 1.60. The number of urea groups is 1. The first-order valence-electron chi connectivity index (χ1n) is 7.57. The molecule has 0 bridgehead atoms. The van der Waals surface area contributed by atoms with E-state index in [1.165, 1.54) is 4.31 Å². The summed E-state index contributed by atoms with van der Waals surface area (Å²) in [5.74, 6) is 0.597. The summed E-state index contributed by atoms with van der Waals surface area (Å²) in [4.78, 5) is 14.1. The standard InChI is InChI=1S/C15H19N5O3S/c1-18-14(7-8-16-18)17-15(21)19-9-11-20(12-10-19)24(22,23)13-5-3-2-4-6-13/h2-8H,9-12H2,1H3,(H,17,21). The van der Waals surface area contributed by atoms with Crippen LogP contribution >= 0.6 is 0 Å². The molecule has 8 nitrogen and oxygen atoms in total. The predicted octanol–water partition coefficient (Wildman–Crippen LogP) is 0.958. The SMILES string of the molecule is Cn1nccc1NC(=O)N1CCN(S(=O)(=O)c2ccccc2)CC1. The van der Waals surface area contributed by atoms with E-state index in [0.717, 1.165) is 0 Å². The van der Waals surface area contributed by atoms with Crippen LogP contribution in [0.25, 0.3) is 0 Å². The highest BCUT2D eigenvalue weighted by atomic mass is 32.2. The molecule has 1 N–H and O–H groups in total. The molecule has 3 rings (SSSR count). The van der Waals surface area contributed by atoms with Gasteiger partial charge in [0.2, 0.25) is 10.0 Å². The van der Waals surface area contributed by atoms with Crippen LogP contribution in [0.3, 0.4) is 0 Å². The molecule has 0 saturated carbocycles. The van der Waals surface area contributed by atoms with Crippen molar-refractivity contribution in [2.45, 2.75) is 4.90 Å². The molecule has 0 unspecified atom stereocenters. The molecule has 1 aromatic carbocycles. The number of sulfonamides is 1. The summed E-state index contributed by atoms with van der Waals surface area (Å²) >= 11 is 0.